The Kier molecular flexibility index (Phi) is 2.17. The molecule has 0 atom stereocenters. The summed E-state index contributed by atoms with van der Waals surface area (Å²) in [4.78, 5) is 4.27. The second kappa shape index (κ2) is 3.47. The van der Waals surface area contributed by atoms with Crippen LogP contribution in [-0.2, 0) is 4.74 Å². The van der Waals surface area contributed by atoms with Crippen molar-refractivity contribution in [3.63, 3.8) is 0 Å². The van der Waals surface area contributed by atoms with Gasteiger partial charge in [-0.15, -0.1) is 0 Å². The zero-order chi connectivity index (χ0) is 9.10. The SMILES string of the molecule is CNc1ccccc1C1=NCCO1. The van der Waals surface area contributed by atoms with Crippen LogP contribution in [-0.4, -0.2) is 26.1 Å². The van der Waals surface area contributed by atoms with Crippen LogP contribution in [0.25, 0.3) is 0 Å². The minimum atomic E-state index is 0.702. The molecule has 1 N–H and O–H groups in total. The molecule has 68 valence electrons. The first-order valence-corrected chi connectivity index (χ1v) is 4.36. The summed E-state index contributed by atoms with van der Waals surface area (Å²) in [7, 11) is 1.90. The lowest BCUT2D eigenvalue weighted by Gasteiger charge is -2.07. The third kappa shape index (κ3) is 1.49. The molecule has 13 heavy (non-hydrogen) atoms. The van der Waals surface area contributed by atoms with Crippen molar-refractivity contribution >= 4 is 11.6 Å². The molecule has 1 heterocycles. The summed E-state index contributed by atoms with van der Waals surface area (Å²) in [5.41, 5.74) is 2.10. The normalized spacial score (nSPS) is 15.0. The number of anilines is 1. The highest BCUT2D eigenvalue weighted by Crippen LogP contribution is 2.17. The van der Waals surface area contributed by atoms with Gasteiger partial charge in [0.25, 0.3) is 0 Å². The van der Waals surface area contributed by atoms with E-state index in [1.54, 1.807) is 0 Å². The third-order valence-corrected chi connectivity index (χ3v) is 2.01. The lowest BCUT2D eigenvalue weighted by Crippen LogP contribution is -2.04. The van der Waals surface area contributed by atoms with Crippen molar-refractivity contribution < 1.29 is 4.74 Å². The van der Waals surface area contributed by atoms with Crippen molar-refractivity contribution in [3.8, 4) is 0 Å². The molecule has 3 heteroatoms. The number of benzene rings is 1. The Morgan fingerprint density at radius 1 is 1.38 bits per heavy atom. The molecule has 0 fully saturated rings. The Morgan fingerprint density at radius 2 is 2.23 bits per heavy atom. The Morgan fingerprint density at radius 3 is 2.92 bits per heavy atom. The van der Waals surface area contributed by atoms with Crippen molar-refractivity contribution in [2.45, 2.75) is 0 Å². The topological polar surface area (TPSA) is 33.6 Å². The molecule has 1 aromatic carbocycles. The molecule has 1 aromatic rings. The predicted octanol–water partition coefficient (Wildman–Crippen LogP) is 1.51. The molecule has 0 amide bonds. The number of hydrogen-bond donors (Lipinski definition) is 1. The maximum absolute atomic E-state index is 5.39. The number of rotatable bonds is 2. The first-order chi connectivity index (χ1) is 6.42. The molecule has 0 spiro atoms. The molecular weight excluding hydrogens is 164 g/mol. The van der Waals surface area contributed by atoms with Crippen LogP contribution in [0.1, 0.15) is 5.56 Å². The zero-order valence-electron chi connectivity index (χ0n) is 7.58. The predicted molar refractivity (Wildman–Crippen MR) is 53.3 cm³/mol. The first kappa shape index (κ1) is 8.10. The van der Waals surface area contributed by atoms with Crippen LogP contribution in [0.2, 0.25) is 0 Å². The summed E-state index contributed by atoms with van der Waals surface area (Å²) in [5.74, 6) is 0.755. The Labute approximate surface area is 77.4 Å². The van der Waals surface area contributed by atoms with Crippen molar-refractivity contribution in [2.75, 3.05) is 25.5 Å². The number of hydrogen-bond acceptors (Lipinski definition) is 3. The lowest BCUT2D eigenvalue weighted by atomic mass is 10.2. The summed E-state index contributed by atoms with van der Waals surface area (Å²) >= 11 is 0. The average Bonchev–Trinajstić information content (AvgIpc) is 2.70. The van der Waals surface area contributed by atoms with E-state index in [0.717, 1.165) is 23.7 Å². The molecule has 0 bridgehead atoms. The van der Waals surface area contributed by atoms with Crippen LogP contribution >= 0.6 is 0 Å². The van der Waals surface area contributed by atoms with Gasteiger partial charge in [-0.05, 0) is 12.1 Å². The quantitative estimate of drug-likeness (QED) is 0.741. The van der Waals surface area contributed by atoms with Crippen LogP contribution in [0.15, 0.2) is 29.3 Å². The standard InChI is InChI=1S/C10H12N2O/c1-11-9-5-3-2-4-8(9)10-12-6-7-13-10/h2-5,11H,6-7H2,1H3. The van der Waals surface area contributed by atoms with Gasteiger partial charge in [0.1, 0.15) is 6.61 Å². The largest absolute Gasteiger partial charge is 0.475 e. The fourth-order valence-corrected chi connectivity index (χ4v) is 1.39. The molecule has 0 radical (unpaired) electrons. The second-order valence-electron chi connectivity index (χ2n) is 2.83. The van der Waals surface area contributed by atoms with E-state index in [1.165, 1.54) is 0 Å². The van der Waals surface area contributed by atoms with Crippen LogP contribution in [0.3, 0.4) is 0 Å². The molecule has 0 saturated heterocycles. The van der Waals surface area contributed by atoms with Gasteiger partial charge in [-0.25, -0.2) is 4.99 Å². The van der Waals surface area contributed by atoms with Crippen LogP contribution in [0.4, 0.5) is 5.69 Å². The van der Waals surface area contributed by atoms with Crippen molar-refractivity contribution in [2.24, 2.45) is 4.99 Å². The number of ether oxygens (including phenoxy) is 1. The molecule has 0 unspecified atom stereocenters. The van der Waals surface area contributed by atoms with Crippen LogP contribution < -0.4 is 5.32 Å². The Hall–Kier alpha value is -1.51. The molecule has 2 rings (SSSR count). The van der Waals surface area contributed by atoms with Crippen LogP contribution in [0.5, 0.6) is 0 Å². The summed E-state index contributed by atoms with van der Waals surface area (Å²) in [5, 5.41) is 3.11. The van der Waals surface area contributed by atoms with E-state index < -0.39 is 0 Å². The molecule has 3 nitrogen and oxygen atoms in total. The van der Waals surface area contributed by atoms with Gasteiger partial charge in [-0.3, -0.25) is 0 Å². The van der Waals surface area contributed by atoms with Crippen molar-refractivity contribution in [1.82, 2.24) is 0 Å². The minimum absolute atomic E-state index is 0.702. The third-order valence-electron chi connectivity index (χ3n) is 2.01. The molecular formula is C10H12N2O. The summed E-state index contributed by atoms with van der Waals surface area (Å²) in [6.45, 7) is 1.47. The van der Waals surface area contributed by atoms with E-state index in [0.29, 0.717) is 6.61 Å². The highest BCUT2D eigenvalue weighted by molar-refractivity contribution is 6.00. The van der Waals surface area contributed by atoms with Gasteiger partial charge >= 0.3 is 0 Å². The van der Waals surface area contributed by atoms with E-state index in [2.05, 4.69) is 10.3 Å². The number of nitrogens with zero attached hydrogens (tertiary/aromatic N) is 1. The highest BCUT2D eigenvalue weighted by atomic mass is 16.5. The smallest absolute Gasteiger partial charge is 0.218 e. The Balaban J connectivity index is 2.38. The van der Waals surface area contributed by atoms with Crippen molar-refractivity contribution in [3.05, 3.63) is 29.8 Å². The maximum Gasteiger partial charge on any atom is 0.218 e. The van der Waals surface area contributed by atoms with Crippen LogP contribution in [0, 0.1) is 0 Å². The molecule has 1 aliphatic rings. The van der Waals surface area contributed by atoms with E-state index in [9.17, 15) is 0 Å². The zero-order valence-corrected chi connectivity index (χ0v) is 7.58. The highest BCUT2D eigenvalue weighted by Gasteiger charge is 2.12. The molecule has 1 aliphatic heterocycles. The number of nitrogens with one attached hydrogen (secondary N) is 1. The van der Waals surface area contributed by atoms with E-state index in [4.69, 9.17) is 4.74 Å². The molecule has 0 saturated carbocycles. The second-order valence-corrected chi connectivity index (χ2v) is 2.83. The summed E-state index contributed by atoms with van der Waals surface area (Å²) in [6, 6.07) is 8.00. The Bertz CT molecular complexity index is 333. The van der Waals surface area contributed by atoms with Gasteiger partial charge in [0.2, 0.25) is 5.90 Å². The van der Waals surface area contributed by atoms with Gasteiger partial charge < -0.3 is 10.1 Å². The lowest BCUT2D eigenvalue weighted by molar-refractivity contribution is 0.348. The van der Waals surface area contributed by atoms with Gasteiger partial charge in [-0.1, -0.05) is 12.1 Å². The fraction of sp³-hybridized carbons (Fsp3) is 0.300. The number of aliphatic imine (C=N–C) groups is 1. The van der Waals surface area contributed by atoms with Gasteiger partial charge in [0.05, 0.1) is 12.1 Å². The molecule has 0 aliphatic carbocycles. The fourth-order valence-electron chi connectivity index (χ4n) is 1.39. The van der Waals surface area contributed by atoms with Gasteiger partial charge in [0.15, 0.2) is 0 Å². The van der Waals surface area contributed by atoms with Crippen molar-refractivity contribution in [1.29, 1.82) is 0 Å². The minimum Gasteiger partial charge on any atom is -0.475 e. The summed E-state index contributed by atoms with van der Waals surface area (Å²) in [6.07, 6.45) is 0. The average molecular weight is 176 g/mol. The van der Waals surface area contributed by atoms with E-state index in [-0.39, 0.29) is 0 Å². The molecule has 0 aromatic heterocycles. The van der Waals surface area contributed by atoms with E-state index in [1.807, 2.05) is 31.3 Å². The summed E-state index contributed by atoms with van der Waals surface area (Å²) < 4.78 is 5.39. The van der Waals surface area contributed by atoms with E-state index >= 15 is 0 Å². The van der Waals surface area contributed by atoms with Gasteiger partial charge in [-0.2, -0.15) is 0 Å². The van der Waals surface area contributed by atoms with Gasteiger partial charge in [0, 0.05) is 12.7 Å². The first-order valence-electron chi connectivity index (χ1n) is 4.36. The maximum atomic E-state index is 5.39. The number of para-hydroxylation sites is 1. The monoisotopic (exact) mass is 176 g/mol.